The first-order chi connectivity index (χ1) is 11.8. The normalized spacial score (nSPS) is 32.8. The molecule has 5 rings (SSSR count). The van der Waals surface area contributed by atoms with Gasteiger partial charge in [-0.3, -0.25) is 0 Å². The molecule has 5 heteroatoms. The Morgan fingerprint density at radius 1 is 1.29 bits per heavy atom. The molecule has 3 heterocycles. The molecule has 1 aliphatic carbocycles. The predicted octanol–water partition coefficient (Wildman–Crippen LogP) is 4.58. The second-order valence-electron chi connectivity index (χ2n) is 7.17. The molecule has 1 aromatic rings. The van der Waals surface area contributed by atoms with Crippen LogP contribution in [0.5, 0.6) is 0 Å². The first kappa shape index (κ1) is 14.5. The molecule has 0 fully saturated rings. The third-order valence-electron chi connectivity index (χ3n) is 6.07. The van der Waals surface area contributed by atoms with E-state index in [1.54, 1.807) is 0 Å². The number of fused-ring (bicyclic) bond motifs is 7. The van der Waals surface area contributed by atoms with E-state index < -0.39 is 0 Å². The summed E-state index contributed by atoms with van der Waals surface area (Å²) in [5.74, 6) is 2.20. The summed E-state index contributed by atoms with van der Waals surface area (Å²) in [6.45, 7) is 3.00. The van der Waals surface area contributed by atoms with Gasteiger partial charge in [0.2, 0.25) is 0 Å². The summed E-state index contributed by atoms with van der Waals surface area (Å²) in [7, 11) is 0. The Balaban J connectivity index is 1.66. The van der Waals surface area contributed by atoms with Gasteiger partial charge in [-0.15, -0.1) is 5.11 Å². The minimum absolute atomic E-state index is 0.478. The molecule has 0 N–H and O–H groups in total. The van der Waals surface area contributed by atoms with Gasteiger partial charge in [0.05, 0.1) is 0 Å². The van der Waals surface area contributed by atoms with Crippen LogP contribution in [0.25, 0.3) is 0 Å². The van der Waals surface area contributed by atoms with Crippen LogP contribution in [0.1, 0.15) is 25.3 Å². The third kappa shape index (κ3) is 1.99. The molecule has 0 spiro atoms. The number of allylic oxidation sites excluding steroid dienone is 1. The zero-order valence-corrected chi connectivity index (χ0v) is 14.5. The Hall–Kier alpha value is -1.81. The van der Waals surface area contributed by atoms with Crippen LogP contribution in [0.3, 0.4) is 0 Å². The Labute approximate surface area is 147 Å². The van der Waals surface area contributed by atoms with Gasteiger partial charge >= 0.3 is 0 Å². The lowest BCUT2D eigenvalue weighted by molar-refractivity contribution is 0.143. The monoisotopic (exact) mass is 340 g/mol. The van der Waals surface area contributed by atoms with E-state index in [-0.39, 0.29) is 0 Å². The number of rotatable bonds is 1. The fraction of sp³-hybridized carbons (Fsp3) is 0.474. The maximum atomic E-state index is 6.29. The summed E-state index contributed by atoms with van der Waals surface area (Å²) in [5.41, 5.74) is 2.64. The second-order valence-corrected chi connectivity index (χ2v) is 7.61. The number of hydrogen-bond acceptors (Lipinski definition) is 4. The highest BCUT2D eigenvalue weighted by molar-refractivity contribution is 6.30. The molecule has 124 valence electrons. The molecule has 0 amide bonds. The molecule has 0 radical (unpaired) electrons. The van der Waals surface area contributed by atoms with Crippen LogP contribution in [0, 0.1) is 11.8 Å². The van der Waals surface area contributed by atoms with Crippen molar-refractivity contribution >= 4 is 17.3 Å². The third-order valence-corrected chi connectivity index (χ3v) is 6.30. The molecule has 0 saturated carbocycles. The highest BCUT2D eigenvalue weighted by Gasteiger charge is 2.47. The van der Waals surface area contributed by atoms with Crippen molar-refractivity contribution < 1.29 is 0 Å². The van der Waals surface area contributed by atoms with E-state index in [1.165, 1.54) is 17.7 Å². The fourth-order valence-corrected chi connectivity index (χ4v) is 5.16. The summed E-state index contributed by atoms with van der Waals surface area (Å²) in [6.07, 6.45) is 10.4. The quantitative estimate of drug-likeness (QED) is 0.701. The molecule has 4 unspecified atom stereocenters. The maximum Gasteiger partial charge on any atom is 0.169 e. The van der Waals surface area contributed by atoms with Crippen molar-refractivity contribution in [2.75, 3.05) is 11.6 Å². The van der Waals surface area contributed by atoms with Crippen LogP contribution < -0.4 is 4.90 Å². The molecular weight excluding hydrogens is 320 g/mol. The Bertz CT molecular complexity index is 769. The number of hydrogen-bond donors (Lipinski definition) is 0. The summed E-state index contributed by atoms with van der Waals surface area (Å²) in [4.78, 5) is 4.83. The van der Waals surface area contributed by atoms with Crippen LogP contribution in [-0.4, -0.2) is 23.7 Å². The van der Waals surface area contributed by atoms with E-state index >= 15 is 0 Å². The van der Waals surface area contributed by atoms with E-state index in [0.29, 0.717) is 30.6 Å². The lowest BCUT2D eigenvalue weighted by atomic mass is 9.73. The van der Waals surface area contributed by atoms with Crippen molar-refractivity contribution in [1.82, 2.24) is 4.90 Å². The fourth-order valence-electron chi connectivity index (χ4n) is 4.99. The molecular formula is C19H21ClN4. The molecule has 0 aromatic heterocycles. The lowest BCUT2D eigenvalue weighted by Crippen LogP contribution is -2.49. The molecule has 24 heavy (non-hydrogen) atoms. The highest BCUT2D eigenvalue weighted by Crippen LogP contribution is 2.47. The van der Waals surface area contributed by atoms with Gasteiger partial charge in [0.1, 0.15) is 6.67 Å². The standard InChI is InChI=1S/C19H21ClN4/c1-2-12-4-3-5-15-19(12)17-8-13-6-7-14(20)9-16(13)23(17)10-18-22-21-11-24(15)18/h3-4,6-7,9-10,12,15,17,19H,2,5,8,11H2,1H3. The molecule has 0 bridgehead atoms. The van der Waals surface area contributed by atoms with Crippen molar-refractivity contribution in [2.24, 2.45) is 22.1 Å². The van der Waals surface area contributed by atoms with Crippen LogP contribution in [0.15, 0.2) is 52.6 Å². The van der Waals surface area contributed by atoms with Gasteiger partial charge in [-0.25, -0.2) is 0 Å². The number of anilines is 1. The minimum atomic E-state index is 0.478. The average Bonchev–Trinajstić information content (AvgIpc) is 3.17. The Kier molecular flexibility index (Phi) is 3.24. The van der Waals surface area contributed by atoms with E-state index in [0.717, 1.165) is 23.7 Å². The van der Waals surface area contributed by atoms with Crippen LogP contribution in [0.2, 0.25) is 5.02 Å². The van der Waals surface area contributed by atoms with Crippen molar-refractivity contribution in [2.45, 2.75) is 38.3 Å². The maximum absolute atomic E-state index is 6.29. The second kappa shape index (κ2) is 5.35. The number of benzene rings is 1. The predicted molar refractivity (Wildman–Crippen MR) is 95.9 cm³/mol. The van der Waals surface area contributed by atoms with Crippen molar-refractivity contribution in [1.29, 1.82) is 0 Å². The number of nitrogens with zero attached hydrogens (tertiary/aromatic N) is 4. The van der Waals surface area contributed by atoms with E-state index in [9.17, 15) is 0 Å². The lowest BCUT2D eigenvalue weighted by Gasteiger charge is -2.42. The Morgan fingerprint density at radius 2 is 2.21 bits per heavy atom. The van der Waals surface area contributed by atoms with Gasteiger partial charge in [-0.1, -0.05) is 36.7 Å². The van der Waals surface area contributed by atoms with Gasteiger partial charge in [0.15, 0.2) is 5.82 Å². The molecule has 4 nitrogen and oxygen atoms in total. The molecule has 0 saturated heterocycles. The van der Waals surface area contributed by atoms with Crippen LogP contribution in [0.4, 0.5) is 5.69 Å². The summed E-state index contributed by atoms with van der Waals surface area (Å²) < 4.78 is 0. The van der Waals surface area contributed by atoms with Crippen LogP contribution >= 0.6 is 11.6 Å². The van der Waals surface area contributed by atoms with Crippen molar-refractivity contribution in [3.05, 3.63) is 53.0 Å². The van der Waals surface area contributed by atoms with E-state index in [4.69, 9.17) is 11.6 Å². The highest BCUT2D eigenvalue weighted by atomic mass is 35.5. The molecule has 4 atom stereocenters. The van der Waals surface area contributed by atoms with Gasteiger partial charge in [0, 0.05) is 34.9 Å². The van der Waals surface area contributed by atoms with E-state index in [2.05, 4.69) is 57.4 Å². The first-order valence-electron chi connectivity index (χ1n) is 8.85. The summed E-state index contributed by atoms with van der Waals surface area (Å²) in [6, 6.07) is 7.27. The van der Waals surface area contributed by atoms with Crippen LogP contribution in [-0.2, 0) is 6.42 Å². The zero-order chi connectivity index (χ0) is 16.3. The van der Waals surface area contributed by atoms with Crippen molar-refractivity contribution in [3.8, 4) is 0 Å². The van der Waals surface area contributed by atoms with E-state index in [1.807, 2.05) is 6.07 Å². The van der Waals surface area contributed by atoms with Gasteiger partial charge in [0.25, 0.3) is 0 Å². The van der Waals surface area contributed by atoms with Gasteiger partial charge in [-0.2, -0.15) is 5.11 Å². The summed E-state index contributed by atoms with van der Waals surface area (Å²) in [5, 5.41) is 9.53. The number of halogens is 1. The van der Waals surface area contributed by atoms with Gasteiger partial charge < -0.3 is 9.80 Å². The SMILES string of the molecule is CCC1C=CCC2C1C1Cc3ccc(Cl)cc3N1C=C1N=NCN12. The molecule has 4 aliphatic rings. The van der Waals surface area contributed by atoms with Gasteiger partial charge in [-0.05, 0) is 42.9 Å². The average molecular weight is 341 g/mol. The minimum Gasteiger partial charge on any atom is -0.340 e. The zero-order valence-electron chi connectivity index (χ0n) is 13.8. The smallest absolute Gasteiger partial charge is 0.169 e. The number of azo groups is 1. The molecule has 1 aromatic carbocycles. The summed E-state index contributed by atoms with van der Waals surface area (Å²) >= 11 is 6.29. The molecule has 3 aliphatic heterocycles. The topological polar surface area (TPSA) is 31.2 Å². The van der Waals surface area contributed by atoms with Crippen molar-refractivity contribution in [3.63, 3.8) is 0 Å². The first-order valence-corrected chi connectivity index (χ1v) is 9.23. The Morgan fingerprint density at radius 3 is 3.08 bits per heavy atom. The largest absolute Gasteiger partial charge is 0.340 e.